The Bertz CT molecular complexity index is 1900. The molecule has 2 fully saturated rings. The Kier molecular flexibility index (Phi) is 7.74. The Morgan fingerprint density at radius 2 is 1.89 bits per heavy atom. The molecule has 3 heterocycles. The number of hydrogen-bond donors (Lipinski definition) is 1. The number of benzene rings is 3. The molecule has 45 heavy (non-hydrogen) atoms. The summed E-state index contributed by atoms with van der Waals surface area (Å²) in [5, 5.41) is 1.20. The Morgan fingerprint density at radius 3 is 2.60 bits per heavy atom. The smallest absolute Gasteiger partial charge is 0.254 e. The molecular formula is C38H43N5O2. The standard InChI is InChI=1S/C38H43N5O2/c1-5-28-23-42(24(2)35(28)39)38(44)30-19-31-36(34(21-30)45-4)41(3)37(40-31)33-20-29-17-16-26(13-9-12-25-10-7-6-8-11-25)18-32(29)43(33)22-27-14-15-27/h6-11,13,16-21,24,27-28,35H,5,12,14-15,22-23,39H2,1-4H3/b13-9+/t24?,28-,35?/m1/s1. The molecule has 2 aromatic heterocycles. The summed E-state index contributed by atoms with van der Waals surface area (Å²) >= 11 is 0. The van der Waals surface area contributed by atoms with E-state index in [1.807, 2.05) is 24.1 Å². The van der Waals surface area contributed by atoms with Crippen LogP contribution >= 0.6 is 0 Å². The van der Waals surface area contributed by atoms with Crippen molar-refractivity contribution in [2.24, 2.45) is 24.6 Å². The highest BCUT2D eigenvalue weighted by molar-refractivity contribution is 6.00. The second-order valence-electron chi connectivity index (χ2n) is 13.0. The molecule has 7 nitrogen and oxygen atoms in total. The predicted octanol–water partition coefficient (Wildman–Crippen LogP) is 7.07. The van der Waals surface area contributed by atoms with E-state index in [2.05, 4.69) is 89.7 Å². The van der Waals surface area contributed by atoms with Gasteiger partial charge in [0.1, 0.15) is 11.3 Å². The zero-order valence-corrected chi connectivity index (χ0v) is 26.7. The summed E-state index contributed by atoms with van der Waals surface area (Å²) in [6.07, 6.45) is 8.84. The van der Waals surface area contributed by atoms with Crippen LogP contribution in [0.2, 0.25) is 0 Å². The summed E-state index contributed by atoms with van der Waals surface area (Å²) in [6.45, 7) is 5.83. The molecule has 0 bridgehead atoms. The third-order valence-electron chi connectivity index (χ3n) is 10.0. The number of hydrogen-bond acceptors (Lipinski definition) is 4. The first-order valence-corrected chi connectivity index (χ1v) is 16.3. The van der Waals surface area contributed by atoms with Gasteiger partial charge in [-0.1, -0.05) is 68.0 Å². The van der Waals surface area contributed by atoms with Crippen LogP contribution in [0.5, 0.6) is 5.75 Å². The summed E-state index contributed by atoms with van der Waals surface area (Å²) in [4.78, 5) is 20.9. The average Bonchev–Trinajstić information content (AvgIpc) is 3.64. The number of allylic oxidation sites excluding steroid dienone is 1. The van der Waals surface area contributed by atoms with Gasteiger partial charge in [0.2, 0.25) is 0 Å². The molecule has 0 spiro atoms. The minimum absolute atomic E-state index is 0.0142. The van der Waals surface area contributed by atoms with Gasteiger partial charge in [-0.25, -0.2) is 4.98 Å². The van der Waals surface area contributed by atoms with E-state index in [9.17, 15) is 4.79 Å². The van der Waals surface area contributed by atoms with E-state index >= 15 is 0 Å². The van der Waals surface area contributed by atoms with E-state index in [-0.39, 0.29) is 18.0 Å². The monoisotopic (exact) mass is 601 g/mol. The summed E-state index contributed by atoms with van der Waals surface area (Å²) in [5.74, 6) is 2.50. The van der Waals surface area contributed by atoms with E-state index in [1.165, 1.54) is 34.9 Å². The number of carbonyl (C=O) groups excluding carboxylic acids is 1. The number of aryl methyl sites for hydroxylation is 1. The number of amides is 1. The Morgan fingerprint density at radius 1 is 1.09 bits per heavy atom. The van der Waals surface area contributed by atoms with Gasteiger partial charge in [0.05, 0.1) is 18.3 Å². The first-order chi connectivity index (χ1) is 21.9. The van der Waals surface area contributed by atoms with Crippen molar-refractivity contribution in [1.29, 1.82) is 0 Å². The molecule has 1 saturated carbocycles. The van der Waals surface area contributed by atoms with E-state index in [4.69, 9.17) is 15.5 Å². The van der Waals surface area contributed by atoms with Gasteiger partial charge in [-0.2, -0.15) is 0 Å². The molecule has 2 aliphatic rings. The lowest BCUT2D eigenvalue weighted by molar-refractivity contribution is 0.0739. The summed E-state index contributed by atoms with van der Waals surface area (Å²) in [5.41, 5.74) is 13.5. The van der Waals surface area contributed by atoms with Crippen molar-refractivity contribution in [3.05, 3.63) is 89.5 Å². The highest BCUT2D eigenvalue weighted by Crippen LogP contribution is 2.38. The fraction of sp³-hybridized carbons (Fsp3) is 0.368. The molecule has 3 atom stereocenters. The molecular weight excluding hydrogens is 558 g/mol. The molecule has 1 aliphatic carbocycles. The number of aromatic nitrogens is 3. The van der Waals surface area contributed by atoms with Crippen LogP contribution in [0.25, 0.3) is 39.5 Å². The third-order valence-corrected chi connectivity index (χ3v) is 10.0. The quantitative estimate of drug-likeness (QED) is 0.196. The molecule has 1 aliphatic heterocycles. The molecule has 3 aromatic carbocycles. The van der Waals surface area contributed by atoms with Gasteiger partial charge in [-0.05, 0) is 73.4 Å². The van der Waals surface area contributed by atoms with Gasteiger partial charge in [-0.15, -0.1) is 0 Å². The number of likely N-dealkylation sites (tertiary alicyclic amines) is 1. The lowest BCUT2D eigenvalue weighted by atomic mass is 9.98. The molecule has 2 unspecified atom stereocenters. The largest absolute Gasteiger partial charge is 0.494 e. The Hall–Kier alpha value is -4.36. The van der Waals surface area contributed by atoms with Gasteiger partial charge < -0.3 is 24.5 Å². The van der Waals surface area contributed by atoms with E-state index < -0.39 is 0 Å². The van der Waals surface area contributed by atoms with Crippen molar-refractivity contribution in [3.8, 4) is 17.3 Å². The van der Waals surface area contributed by atoms with E-state index in [0.29, 0.717) is 29.7 Å². The second-order valence-corrected chi connectivity index (χ2v) is 13.0. The van der Waals surface area contributed by atoms with Crippen LogP contribution in [-0.2, 0) is 20.0 Å². The number of fused-ring (bicyclic) bond motifs is 2. The van der Waals surface area contributed by atoms with Crippen molar-refractivity contribution in [3.63, 3.8) is 0 Å². The normalized spacial score (nSPS) is 20.2. The van der Waals surface area contributed by atoms with Crippen LogP contribution in [0.1, 0.15) is 54.6 Å². The van der Waals surface area contributed by atoms with Crippen molar-refractivity contribution >= 4 is 33.9 Å². The van der Waals surface area contributed by atoms with Crippen LogP contribution in [0.3, 0.4) is 0 Å². The number of ether oxygens (including phenoxy) is 1. The fourth-order valence-electron chi connectivity index (χ4n) is 7.06. The molecule has 0 radical (unpaired) electrons. The maximum Gasteiger partial charge on any atom is 0.254 e. The molecule has 1 saturated heterocycles. The number of carbonyl (C=O) groups is 1. The SMILES string of the molecule is CC[C@@H]1CN(C(=O)c2cc(OC)c3c(c2)nc(-c2cc4ccc(/C=C/Cc5ccccc5)cc4n2CC2CC2)n3C)C(C)C1N. The molecule has 5 aromatic rings. The Labute approximate surface area is 265 Å². The van der Waals surface area contributed by atoms with Crippen LogP contribution < -0.4 is 10.5 Å². The van der Waals surface area contributed by atoms with Crippen molar-refractivity contribution in [1.82, 2.24) is 19.0 Å². The molecule has 1 amide bonds. The maximum absolute atomic E-state index is 13.8. The molecule has 7 heteroatoms. The number of nitrogens with zero attached hydrogens (tertiary/aromatic N) is 4. The lowest BCUT2D eigenvalue weighted by Crippen LogP contribution is -2.41. The summed E-state index contributed by atoms with van der Waals surface area (Å²) in [6, 6.07) is 23.3. The minimum atomic E-state index is -0.0167. The van der Waals surface area contributed by atoms with Crippen LogP contribution in [0, 0.1) is 11.8 Å². The van der Waals surface area contributed by atoms with Crippen LogP contribution in [0.4, 0.5) is 0 Å². The summed E-state index contributed by atoms with van der Waals surface area (Å²) < 4.78 is 10.4. The van der Waals surface area contributed by atoms with E-state index in [0.717, 1.165) is 41.9 Å². The predicted molar refractivity (Wildman–Crippen MR) is 182 cm³/mol. The maximum atomic E-state index is 13.8. The van der Waals surface area contributed by atoms with Gasteiger partial charge in [0, 0.05) is 48.7 Å². The molecule has 2 N–H and O–H groups in total. The Balaban J connectivity index is 1.27. The molecule has 232 valence electrons. The highest BCUT2D eigenvalue weighted by atomic mass is 16.5. The van der Waals surface area contributed by atoms with Gasteiger partial charge in [0.25, 0.3) is 5.91 Å². The number of methoxy groups -OCH3 is 1. The van der Waals surface area contributed by atoms with Crippen LogP contribution in [0.15, 0.2) is 72.8 Å². The number of imidazole rings is 1. The van der Waals surface area contributed by atoms with Gasteiger partial charge in [0.15, 0.2) is 5.82 Å². The zero-order chi connectivity index (χ0) is 31.2. The van der Waals surface area contributed by atoms with Crippen molar-refractivity contribution in [2.45, 2.75) is 58.2 Å². The van der Waals surface area contributed by atoms with Crippen LogP contribution in [-0.4, -0.2) is 50.7 Å². The minimum Gasteiger partial charge on any atom is -0.494 e. The van der Waals surface area contributed by atoms with E-state index in [1.54, 1.807) is 7.11 Å². The fourth-order valence-corrected chi connectivity index (χ4v) is 7.06. The van der Waals surface area contributed by atoms with Gasteiger partial charge in [-0.3, -0.25) is 4.79 Å². The lowest BCUT2D eigenvalue weighted by Gasteiger charge is -2.23. The number of nitrogens with two attached hydrogens (primary N) is 1. The van der Waals surface area contributed by atoms with Crippen molar-refractivity contribution < 1.29 is 9.53 Å². The van der Waals surface area contributed by atoms with Crippen molar-refractivity contribution in [2.75, 3.05) is 13.7 Å². The molecule has 7 rings (SSSR count). The van der Waals surface area contributed by atoms with Gasteiger partial charge >= 0.3 is 0 Å². The first kappa shape index (κ1) is 29.4. The topological polar surface area (TPSA) is 78.3 Å². The second kappa shape index (κ2) is 11.9. The average molecular weight is 602 g/mol. The number of rotatable bonds is 9. The third kappa shape index (κ3) is 5.44. The summed E-state index contributed by atoms with van der Waals surface area (Å²) in [7, 11) is 3.70. The zero-order valence-electron chi connectivity index (χ0n) is 26.7. The first-order valence-electron chi connectivity index (χ1n) is 16.3. The highest BCUT2D eigenvalue weighted by Gasteiger charge is 2.39.